The first-order valence-corrected chi connectivity index (χ1v) is 31.2. The number of allylic oxidation sites excluding steroid dienone is 2. The lowest BCUT2D eigenvalue weighted by Crippen LogP contribution is -2.30. The van der Waals surface area contributed by atoms with E-state index in [-0.39, 0.29) is 31.1 Å². The molecule has 0 saturated carbocycles. The second kappa shape index (κ2) is 58.7. The summed E-state index contributed by atoms with van der Waals surface area (Å²) in [7, 11) is 0. The Labute approximate surface area is 431 Å². The van der Waals surface area contributed by atoms with Gasteiger partial charge in [-0.05, 0) is 44.9 Å². The summed E-state index contributed by atoms with van der Waals surface area (Å²) in [6.45, 7) is 6.70. The van der Waals surface area contributed by atoms with Gasteiger partial charge in [0.1, 0.15) is 13.2 Å². The van der Waals surface area contributed by atoms with E-state index >= 15 is 0 Å². The van der Waals surface area contributed by atoms with E-state index in [2.05, 4.69) is 32.9 Å². The Bertz CT molecular complexity index is 1070. The second-order valence-corrected chi connectivity index (χ2v) is 21.3. The average molecular weight is 974 g/mol. The highest BCUT2D eigenvalue weighted by Gasteiger charge is 2.19. The molecule has 0 bridgehead atoms. The van der Waals surface area contributed by atoms with Crippen molar-refractivity contribution in [2.24, 2.45) is 0 Å². The van der Waals surface area contributed by atoms with Crippen LogP contribution in [0.15, 0.2) is 12.2 Å². The van der Waals surface area contributed by atoms with Gasteiger partial charge in [-0.1, -0.05) is 303 Å². The fourth-order valence-corrected chi connectivity index (χ4v) is 9.56. The molecule has 0 rings (SSSR count). The van der Waals surface area contributed by atoms with Gasteiger partial charge in [-0.3, -0.25) is 14.4 Å². The Morgan fingerprint density at radius 3 is 0.725 bits per heavy atom. The predicted octanol–water partition coefficient (Wildman–Crippen LogP) is 20.9. The summed E-state index contributed by atoms with van der Waals surface area (Å²) in [5.74, 6) is -0.837. The third-order valence-electron chi connectivity index (χ3n) is 14.3. The number of hydrogen-bond acceptors (Lipinski definition) is 6. The Morgan fingerprint density at radius 1 is 0.275 bits per heavy atom. The maximum Gasteiger partial charge on any atom is 0.306 e. The topological polar surface area (TPSA) is 78.9 Å². The lowest BCUT2D eigenvalue weighted by Gasteiger charge is -2.18. The van der Waals surface area contributed by atoms with E-state index in [0.29, 0.717) is 19.3 Å². The maximum atomic E-state index is 12.8. The fourth-order valence-electron chi connectivity index (χ4n) is 9.56. The fraction of sp³-hybridized carbons (Fsp3) is 0.921. The summed E-state index contributed by atoms with van der Waals surface area (Å²) < 4.78 is 16.9. The largest absolute Gasteiger partial charge is 0.462 e. The van der Waals surface area contributed by atoms with Crippen molar-refractivity contribution in [1.29, 1.82) is 0 Å². The molecule has 408 valence electrons. The number of ether oxygens (including phenoxy) is 3. The third-order valence-corrected chi connectivity index (χ3v) is 14.3. The van der Waals surface area contributed by atoms with Crippen LogP contribution in [0.1, 0.15) is 355 Å². The molecule has 0 saturated heterocycles. The smallest absolute Gasteiger partial charge is 0.306 e. The van der Waals surface area contributed by atoms with E-state index in [4.69, 9.17) is 14.2 Å². The molecule has 6 heteroatoms. The first-order valence-electron chi connectivity index (χ1n) is 31.2. The molecule has 1 unspecified atom stereocenters. The third kappa shape index (κ3) is 56.9. The summed E-state index contributed by atoms with van der Waals surface area (Å²) in [5, 5.41) is 0. The molecule has 0 radical (unpaired) electrons. The van der Waals surface area contributed by atoms with Gasteiger partial charge in [0, 0.05) is 19.3 Å². The molecular weight excluding hydrogens is 853 g/mol. The number of carbonyl (C=O) groups is 3. The number of hydrogen-bond donors (Lipinski definition) is 0. The Balaban J connectivity index is 4.17. The Kier molecular flexibility index (Phi) is 57.1. The molecule has 0 aliphatic heterocycles. The summed E-state index contributed by atoms with van der Waals surface area (Å²) in [4.78, 5) is 38.2. The highest BCUT2D eigenvalue weighted by Crippen LogP contribution is 2.18. The van der Waals surface area contributed by atoms with Gasteiger partial charge in [-0.2, -0.15) is 0 Å². The van der Waals surface area contributed by atoms with Crippen LogP contribution in [0.3, 0.4) is 0 Å². The molecule has 6 nitrogen and oxygen atoms in total. The van der Waals surface area contributed by atoms with Gasteiger partial charge in [0.15, 0.2) is 6.10 Å². The monoisotopic (exact) mass is 973 g/mol. The normalized spacial score (nSPS) is 12.0. The van der Waals surface area contributed by atoms with Crippen LogP contribution in [0.5, 0.6) is 0 Å². The van der Waals surface area contributed by atoms with Crippen molar-refractivity contribution < 1.29 is 28.6 Å². The summed E-state index contributed by atoms with van der Waals surface area (Å²) in [6, 6.07) is 0. The number of unbranched alkanes of at least 4 members (excludes halogenated alkanes) is 45. The number of rotatable bonds is 58. The first kappa shape index (κ1) is 67.1. The first-order chi connectivity index (χ1) is 34.0. The molecule has 0 aromatic heterocycles. The Morgan fingerprint density at radius 2 is 0.478 bits per heavy atom. The van der Waals surface area contributed by atoms with E-state index in [1.54, 1.807) is 0 Å². The van der Waals surface area contributed by atoms with Gasteiger partial charge in [-0.15, -0.1) is 0 Å². The molecule has 0 aliphatic rings. The van der Waals surface area contributed by atoms with Crippen LogP contribution < -0.4 is 0 Å². The molecule has 69 heavy (non-hydrogen) atoms. The predicted molar refractivity (Wildman–Crippen MR) is 298 cm³/mol. The zero-order valence-electron chi connectivity index (χ0n) is 46.9. The molecule has 0 fully saturated rings. The Hall–Kier alpha value is -1.85. The van der Waals surface area contributed by atoms with Crippen molar-refractivity contribution >= 4 is 17.9 Å². The van der Waals surface area contributed by atoms with Crippen molar-refractivity contribution in [3.05, 3.63) is 12.2 Å². The standard InChI is InChI=1S/C63H120O6/c1-4-7-10-13-16-19-22-25-27-28-29-30-31-32-33-34-35-36-37-39-41-44-47-50-53-56-62(65)68-59-60(58-67-61(64)55-52-49-46-43-40-24-21-18-15-12-9-6-3)69-63(66)57-54-51-48-45-42-38-26-23-20-17-14-11-8-5-2/h28-29,60H,4-27,30-59H2,1-3H3/b29-28-. The zero-order chi connectivity index (χ0) is 50.0. The van der Waals surface area contributed by atoms with Crippen LogP contribution in [-0.4, -0.2) is 37.2 Å². The van der Waals surface area contributed by atoms with Crippen LogP contribution in [0.25, 0.3) is 0 Å². The van der Waals surface area contributed by atoms with Gasteiger partial charge in [0.25, 0.3) is 0 Å². The van der Waals surface area contributed by atoms with E-state index in [1.807, 2.05) is 0 Å². The van der Waals surface area contributed by atoms with Crippen molar-refractivity contribution in [3.63, 3.8) is 0 Å². The van der Waals surface area contributed by atoms with Gasteiger partial charge in [-0.25, -0.2) is 0 Å². The molecule has 1 atom stereocenters. The average Bonchev–Trinajstić information content (AvgIpc) is 3.35. The van der Waals surface area contributed by atoms with Crippen LogP contribution in [0.4, 0.5) is 0 Å². The van der Waals surface area contributed by atoms with Crippen LogP contribution in [-0.2, 0) is 28.6 Å². The SMILES string of the molecule is CCCCCCCCCC/C=C\CCCCCCCCCCCCCCCC(=O)OCC(COC(=O)CCCCCCCCCCCCCC)OC(=O)CCCCCCCCCCCCCCCC. The van der Waals surface area contributed by atoms with E-state index in [1.165, 1.54) is 257 Å². The van der Waals surface area contributed by atoms with Gasteiger partial charge in [0.2, 0.25) is 0 Å². The van der Waals surface area contributed by atoms with E-state index in [0.717, 1.165) is 57.8 Å². The lowest BCUT2D eigenvalue weighted by atomic mass is 10.0. The highest BCUT2D eigenvalue weighted by atomic mass is 16.6. The van der Waals surface area contributed by atoms with Gasteiger partial charge < -0.3 is 14.2 Å². The van der Waals surface area contributed by atoms with E-state index < -0.39 is 6.10 Å². The minimum atomic E-state index is -0.763. The van der Waals surface area contributed by atoms with Gasteiger partial charge >= 0.3 is 17.9 Å². The zero-order valence-corrected chi connectivity index (χ0v) is 46.9. The molecule has 0 heterocycles. The molecule has 0 amide bonds. The summed E-state index contributed by atoms with van der Waals surface area (Å²) in [5.41, 5.74) is 0. The molecule has 0 aromatic carbocycles. The van der Waals surface area contributed by atoms with E-state index in [9.17, 15) is 14.4 Å². The minimum Gasteiger partial charge on any atom is -0.462 e. The van der Waals surface area contributed by atoms with Crippen molar-refractivity contribution in [2.45, 2.75) is 361 Å². The second-order valence-electron chi connectivity index (χ2n) is 21.3. The summed E-state index contributed by atoms with van der Waals surface area (Å²) in [6.07, 6.45) is 67.9. The molecule has 0 aliphatic carbocycles. The van der Waals surface area contributed by atoms with Crippen molar-refractivity contribution in [3.8, 4) is 0 Å². The molecular formula is C63H120O6. The van der Waals surface area contributed by atoms with Crippen LogP contribution >= 0.6 is 0 Å². The van der Waals surface area contributed by atoms with Crippen molar-refractivity contribution in [1.82, 2.24) is 0 Å². The maximum absolute atomic E-state index is 12.8. The van der Waals surface area contributed by atoms with Crippen LogP contribution in [0.2, 0.25) is 0 Å². The van der Waals surface area contributed by atoms with Crippen LogP contribution in [0, 0.1) is 0 Å². The summed E-state index contributed by atoms with van der Waals surface area (Å²) >= 11 is 0. The molecule has 0 N–H and O–H groups in total. The highest BCUT2D eigenvalue weighted by molar-refractivity contribution is 5.71. The molecule has 0 aromatic rings. The van der Waals surface area contributed by atoms with Crippen molar-refractivity contribution in [2.75, 3.05) is 13.2 Å². The number of carbonyl (C=O) groups excluding carboxylic acids is 3. The lowest BCUT2D eigenvalue weighted by molar-refractivity contribution is -0.167. The number of esters is 3. The quantitative estimate of drug-likeness (QED) is 0.0261. The van der Waals surface area contributed by atoms with Gasteiger partial charge in [0.05, 0.1) is 0 Å². The molecule has 0 spiro atoms. The minimum absolute atomic E-state index is 0.0633.